The topological polar surface area (TPSA) is 68.5 Å². The summed E-state index contributed by atoms with van der Waals surface area (Å²) in [5.41, 5.74) is 2.12. The van der Waals surface area contributed by atoms with Crippen molar-refractivity contribution in [1.82, 2.24) is 24.6 Å². The number of halogens is 4. The van der Waals surface area contributed by atoms with Gasteiger partial charge in [-0.15, -0.1) is 23.4 Å². The summed E-state index contributed by atoms with van der Waals surface area (Å²) >= 11 is 6.37. The minimum Gasteiger partial charge on any atom is -0.402 e. The fourth-order valence-corrected chi connectivity index (χ4v) is 5.42. The molecule has 8 nitrogen and oxygen atoms in total. The van der Waals surface area contributed by atoms with E-state index in [0.29, 0.717) is 50.7 Å². The first kappa shape index (κ1) is 26.7. The Labute approximate surface area is 224 Å². The van der Waals surface area contributed by atoms with E-state index in [-0.39, 0.29) is 17.5 Å². The second-order valence-electron chi connectivity index (χ2n) is 9.48. The molecule has 2 aliphatic heterocycles. The minimum absolute atomic E-state index is 0.0937. The van der Waals surface area contributed by atoms with Crippen LogP contribution in [0.1, 0.15) is 49.3 Å². The summed E-state index contributed by atoms with van der Waals surface area (Å²) in [6, 6.07) is 8.62. The molecular formula is C26H30ClF3N6O2. The highest BCUT2D eigenvalue weighted by molar-refractivity contribution is 6.30. The predicted octanol–water partition coefficient (Wildman–Crippen LogP) is 5.34. The van der Waals surface area contributed by atoms with E-state index < -0.39 is 6.36 Å². The Morgan fingerprint density at radius 2 is 1.92 bits per heavy atom. The minimum atomic E-state index is -4.78. The van der Waals surface area contributed by atoms with Crippen molar-refractivity contribution in [2.75, 3.05) is 37.7 Å². The van der Waals surface area contributed by atoms with Crippen LogP contribution in [0.5, 0.6) is 5.75 Å². The van der Waals surface area contributed by atoms with Crippen molar-refractivity contribution in [2.24, 2.45) is 0 Å². The molecule has 204 valence electrons. The third-order valence-electron chi connectivity index (χ3n) is 6.90. The lowest BCUT2D eigenvalue weighted by Gasteiger charge is -2.33. The smallest absolute Gasteiger partial charge is 0.402 e. The van der Waals surface area contributed by atoms with Crippen LogP contribution in [0.4, 0.5) is 19.0 Å². The van der Waals surface area contributed by atoms with Crippen LogP contribution in [0.3, 0.4) is 0 Å². The van der Waals surface area contributed by atoms with Crippen LogP contribution < -0.4 is 9.64 Å². The number of aromatic nitrogens is 4. The van der Waals surface area contributed by atoms with E-state index in [9.17, 15) is 13.2 Å². The quantitative estimate of drug-likeness (QED) is 0.351. The molecule has 0 bridgehead atoms. The van der Waals surface area contributed by atoms with E-state index in [0.717, 1.165) is 42.4 Å². The molecule has 0 atom stereocenters. The monoisotopic (exact) mass is 550 g/mol. The molecule has 3 aromatic rings. The van der Waals surface area contributed by atoms with Crippen molar-refractivity contribution < 1.29 is 22.6 Å². The van der Waals surface area contributed by atoms with Crippen LogP contribution >= 0.6 is 11.6 Å². The summed E-state index contributed by atoms with van der Waals surface area (Å²) in [4.78, 5) is 8.35. The van der Waals surface area contributed by atoms with Crippen LogP contribution in [0, 0.1) is 0 Å². The summed E-state index contributed by atoms with van der Waals surface area (Å²) in [5, 5.41) is 9.87. The number of hydrogen-bond donors (Lipinski definition) is 0. The molecule has 38 heavy (non-hydrogen) atoms. The van der Waals surface area contributed by atoms with Crippen molar-refractivity contribution >= 4 is 17.4 Å². The Morgan fingerprint density at radius 1 is 1.11 bits per heavy atom. The van der Waals surface area contributed by atoms with Gasteiger partial charge in [-0.3, -0.25) is 9.47 Å². The lowest BCUT2D eigenvalue weighted by molar-refractivity contribution is -0.274. The molecule has 2 aromatic heterocycles. The van der Waals surface area contributed by atoms with Crippen LogP contribution in [-0.2, 0) is 17.8 Å². The van der Waals surface area contributed by atoms with Crippen molar-refractivity contribution in [1.29, 1.82) is 0 Å². The van der Waals surface area contributed by atoms with Crippen molar-refractivity contribution in [2.45, 2.75) is 51.6 Å². The molecule has 0 aliphatic carbocycles. The molecule has 1 saturated heterocycles. The summed E-state index contributed by atoms with van der Waals surface area (Å²) in [5.74, 6) is 1.74. The van der Waals surface area contributed by atoms with Gasteiger partial charge in [0.2, 0.25) is 0 Å². The number of ether oxygens (including phenoxy) is 2. The lowest BCUT2D eigenvalue weighted by Crippen LogP contribution is -2.35. The number of pyridine rings is 1. The summed E-state index contributed by atoms with van der Waals surface area (Å²) in [7, 11) is 0. The largest absolute Gasteiger partial charge is 0.573 e. The SMILES string of the molecule is CCOCCCN1Cc2cc(Cl)ccc2-n2c(nnc2C2CCN(c3ncccc3OC(F)(F)F)CC2)C1. The number of anilines is 1. The molecule has 0 N–H and O–H groups in total. The lowest BCUT2D eigenvalue weighted by atomic mass is 9.95. The number of nitrogens with zero attached hydrogens (tertiary/aromatic N) is 6. The van der Waals surface area contributed by atoms with Crippen molar-refractivity contribution in [3.63, 3.8) is 0 Å². The van der Waals surface area contributed by atoms with Crippen LogP contribution in [-0.4, -0.2) is 63.9 Å². The summed E-state index contributed by atoms with van der Waals surface area (Å²) < 4.78 is 50.6. The zero-order chi connectivity index (χ0) is 26.7. The highest BCUT2D eigenvalue weighted by Gasteiger charge is 2.35. The first-order valence-electron chi connectivity index (χ1n) is 12.8. The molecule has 2 aliphatic rings. The normalized spacial score (nSPS) is 16.7. The van der Waals surface area contributed by atoms with Gasteiger partial charge >= 0.3 is 6.36 Å². The molecule has 1 fully saturated rings. The standard InChI is InChI=1S/C26H30ClF3N6O2/c1-2-37-14-4-11-34-16-19-15-20(27)6-7-21(19)36-23(17-34)32-33-24(36)18-8-12-35(13-9-18)25-22(5-3-10-31-25)38-26(28,29)30/h3,5-7,10,15,18H,2,4,8-9,11-14,16-17H2,1H3. The summed E-state index contributed by atoms with van der Waals surface area (Å²) in [6.45, 7) is 6.69. The zero-order valence-electron chi connectivity index (χ0n) is 21.1. The number of alkyl halides is 3. The molecule has 4 heterocycles. The Balaban J connectivity index is 1.36. The van der Waals surface area contributed by atoms with Gasteiger partial charge in [-0.25, -0.2) is 4.98 Å². The third kappa shape index (κ3) is 6.05. The molecular weight excluding hydrogens is 521 g/mol. The van der Waals surface area contributed by atoms with Gasteiger partial charge in [-0.1, -0.05) is 11.6 Å². The molecule has 0 saturated carbocycles. The number of hydrogen-bond acceptors (Lipinski definition) is 7. The van der Waals surface area contributed by atoms with Gasteiger partial charge in [-0.2, -0.15) is 0 Å². The molecule has 0 spiro atoms. The van der Waals surface area contributed by atoms with Crippen molar-refractivity contribution in [3.8, 4) is 11.4 Å². The highest BCUT2D eigenvalue weighted by atomic mass is 35.5. The first-order chi connectivity index (χ1) is 18.3. The Morgan fingerprint density at radius 3 is 2.68 bits per heavy atom. The maximum Gasteiger partial charge on any atom is 0.573 e. The van der Waals surface area contributed by atoms with E-state index in [4.69, 9.17) is 16.3 Å². The van der Waals surface area contributed by atoms with E-state index >= 15 is 0 Å². The molecule has 0 radical (unpaired) electrons. The van der Waals surface area contributed by atoms with Gasteiger partial charge in [0.05, 0.1) is 12.2 Å². The van der Waals surface area contributed by atoms with E-state index in [1.807, 2.05) is 30.0 Å². The average molecular weight is 551 g/mol. The molecule has 5 rings (SSSR count). The van der Waals surface area contributed by atoms with Gasteiger partial charge in [0.25, 0.3) is 0 Å². The van der Waals surface area contributed by atoms with E-state index in [1.165, 1.54) is 18.3 Å². The second-order valence-corrected chi connectivity index (χ2v) is 9.91. The van der Waals surface area contributed by atoms with E-state index in [1.54, 1.807) is 0 Å². The molecule has 1 aromatic carbocycles. The Bertz CT molecular complexity index is 1250. The van der Waals surface area contributed by atoms with Gasteiger partial charge in [0.1, 0.15) is 5.82 Å². The fourth-order valence-electron chi connectivity index (χ4n) is 5.22. The van der Waals surface area contributed by atoms with Crippen LogP contribution in [0.2, 0.25) is 5.02 Å². The molecule has 12 heteroatoms. The average Bonchev–Trinajstić information content (AvgIpc) is 3.22. The number of piperidine rings is 1. The first-order valence-corrected chi connectivity index (χ1v) is 13.2. The third-order valence-corrected chi connectivity index (χ3v) is 7.13. The van der Waals surface area contributed by atoms with Gasteiger partial charge in [0, 0.05) is 56.5 Å². The Kier molecular flexibility index (Phi) is 8.06. The maximum atomic E-state index is 12.9. The van der Waals surface area contributed by atoms with Crippen LogP contribution in [0.15, 0.2) is 36.5 Å². The maximum absolute atomic E-state index is 12.9. The highest BCUT2D eigenvalue weighted by Crippen LogP contribution is 2.37. The molecule has 0 unspecified atom stereocenters. The zero-order valence-corrected chi connectivity index (χ0v) is 21.9. The van der Waals surface area contributed by atoms with E-state index in [2.05, 4.69) is 29.4 Å². The van der Waals surface area contributed by atoms with Crippen LogP contribution in [0.25, 0.3) is 5.69 Å². The predicted molar refractivity (Wildman–Crippen MR) is 137 cm³/mol. The second kappa shape index (κ2) is 11.5. The fraction of sp³-hybridized carbons (Fsp3) is 0.500. The number of fused-ring (bicyclic) bond motifs is 3. The van der Waals surface area contributed by atoms with Gasteiger partial charge < -0.3 is 14.4 Å². The molecule has 0 amide bonds. The number of benzene rings is 1. The van der Waals surface area contributed by atoms with Gasteiger partial charge in [0.15, 0.2) is 17.4 Å². The number of rotatable bonds is 8. The van der Waals surface area contributed by atoms with Crippen molar-refractivity contribution in [3.05, 3.63) is 58.8 Å². The Hall–Kier alpha value is -2.89. The summed E-state index contributed by atoms with van der Waals surface area (Å²) in [6.07, 6.45) is -0.993. The van der Waals surface area contributed by atoms with Gasteiger partial charge in [-0.05, 0) is 62.1 Å².